The number of benzene rings is 1. The van der Waals surface area contributed by atoms with Crippen molar-refractivity contribution in [3.63, 3.8) is 0 Å². The van der Waals surface area contributed by atoms with Crippen molar-refractivity contribution in [2.24, 2.45) is 5.92 Å². The van der Waals surface area contributed by atoms with Crippen molar-refractivity contribution in [3.8, 4) is 11.5 Å². The summed E-state index contributed by atoms with van der Waals surface area (Å²) in [6, 6.07) is 5.47. The fourth-order valence-electron chi connectivity index (χ4n) is 3.38. The van der Waals surface area contributed by atoms with Gasteiger partial charge in [0.15, 0.2) is 22.1 Å². The summed E-state index contributed by atoms with van der Waals surface area (Å²) in [7, 11) is 1.84. The van der Waals surface area contributed by atoms with Crippen LogP contribution in [0.3, 0.4) is 0 Å². The molecule has 144 valence electrons. The fourth-order valence-corrected chi connectivity index (χ4v) is 4.34. The molecule has 0 bridgehead atoms. The number of quaternary nitrogens is 1. The third-order valence-corrected chi connectivity index (χ3v) is 6.22. The average molecular weight is 409 g/mol. The number of rotatable bonds is 5. The van der Waals surface area contributed by atoms with E-state index in [1.54, 1.807) is 0 Å². The molecule has 1 aromatic carbocycles. The highest BCUT2D eigenvalue weighted by atomic mass is 32.1. The third kappa shape index (κ3) is 4.07. The summed E-state index contributed by atoms with van der Waals surface area (Å²) < 4.78 is 13.3. The van der Waals surface area contributed by atoms with Crippen LogP contribution in [0.1, 0.15) is 12.8 Å². The minimum Gasteiger partial charge on any atom is -0.454 e. The summed E-state index contributed by atoms with van der Waals surface area (Å²) in [5.74, 6) is 1.48. The monoisotopic (exact) mass is 408 g/mol. The molecule has 27 heavy (non-hydrogen) atoms. The highest BCUT2D eigenvalue weighted by Crippen LogP contribution is 2.34. The number of amides is 1. The maximum atomic E-state index is 12.6. The van der Waals surface area contributed by atoms with Crippen molar-refractivity contribution in [2.75, 3.05) is 37.6 Å². The molecule has 10 heteroatoms. The van der Waals surface area contributed by atoms with Crippen molar-refractivity contribution >= 4 is 40.3 Å². The van der Waals surface area contributed by atoms with E-state index in [9.17, 15) is 4.79 Å². The van der Waals surface area contributed by atoms with E-state index in [1.165, 1.54) is 16.2 Å². The van der Waals surface area contributed by atoms with E-state index in [1.807, 2.05) is 29.9 Å². The molecule has 1 saturated heterocycles. The van der Waals surface area contributed by atoms with Crippen LogP contribution in [0.25, 0.3) is 0 Å². The van der Waals surface area contributed by atoms with E-state index < -0.39 is 0 Å². The second-order valence-electron chi connectivity index (χ2n) is 6.66. The topological polar surface area (TPSA) is 81.9 Å². The smallest absolute Gasteiger partial charge is 0.231 e. The van der Waals surface area contributed by atoms with Gasteiger partial charge in [0.25, 0.3) is 0 Å². The van der Waals surface area contributed by atoms with Gasteiger partial charge in [0.2, 0.25) is 17.8 Å². The summed E-state index contributed by atoms with van der Waals surface area (Å²) in [6.45, 7) is 2.82. The van der Waals surface area contributed by atoms with Crippen LogP contribution in [0.5, 0.6) is 11.5 Å². The summed E-state index contributed by atoms with van der Waals surface area (Å²) in [5.41, 5.74) is 0.743. The normalized spacial score (nSPS) is 21.1. The van der Waals surface area contributed by atoms with Crippen LogP contribution < -0.4 is 25.0 Å². The second-order valence-corrected chi connectivity index (χ2v) is 8.28. The van der Waals surface area contributed by atoms with Crippen molar-refractivity contribution in [2.45, 2.75) is 19.5 Å². The molecule has 0 spiro atoms. The number of piperidine rings is 1. The van der Waals surface area contributed by atoms with Gasteiger partial charge in [0, 0.05) is 37.6 Å². The average Bonchev–Trinajstić information content (AvgIpc) is 3.28. The number of fused-ring (bicyclic) bond motifs is 1. The Balaban J connectivity index is 1.30. The molecule has 0 radical (unpaired) electrons. The molecule has 1 aromatic heterocycles. The Hall–Kier alpha value is -2.17. The molecule has 2 aliphatic rings. The second kappa shape index (κ2) is 7.83. The van der Waals surface area contributed by atoms with Gasteiger partial charge < -0.3 is 25.0 Å². The summed E-state index contributed by atoms with van der Waals surface area (Å²) in [6.07, 6.45) is 1.70. The predicted octanol–water partition coefficient (Wildman–Crippen LogP) is 1.34. The van der Waals surface area contributed by atoms with Crippen LogP contribution in [0.2, 0.25) is 0 Å². The molecule has 3 heterocycles. The van der Waals surface area contributed by atoms with Gasteiger partial charge in [-0.3, -0.25) is 4.79 Å². The molecule has 8 nitrogen and oxygen atoms in total. The zero-order chi connectivity index (χ0) is 18.8. The Labute approximate surface area is 166 Å². The Morgan fingerprint density at radius 2 is 2.15 bits per heavy atom. The van der Waals surface area contributed by atoms with Crippen molar-refractivity contribution in [3.05, 3.63) is 22.2 Å². The molecule has 1 fully saturated rings. The molecule has 0 aliphatic carbocycles. The van der Waals surface area contributed by atoms with Gasteiger partial charge in [-0.1, -0.05) is 11.3 Å². The van der Waals surface area contributed by atoms with Crippen molar-refractivity contribution in [1.29, 1.82) is 0 Å². The number of hydrogen-bond acceptors (Lipinski definition) is 7. The van der Waals surface area contributed by atoms with E-state index in [4.69, 9.17) is 21.7 Å². The maximum Gasteiger partial charge on any atom is 0.231 e. The summed E-state index contributed by atoms with van der Waals surface area (Å²) in [5, 5.41) is 11.3. The number of anilines is 2. The Morgan fingerprint density at radius 3 is 2.89 bits per heavy atom. The molecular weight excluding hydrogens is 386 g/mol. The largest absolute Gasteiger partial charge is 0.454 e. The summed E-state index contributed by atoms with van der Waals surface area (Å²) >= 11 is 6.84. The van der Waals surface area contributed by atoms with E-state index >= 15 is 0 Å². The highest BCUT2D eigenvalue weighted by molar-refractivity contribution is 7.73. The minimum absolute atomic E-state index is 0.0236. The van der Waals surface area contributed by atoms with Gasteiger partial charge in [-0.15, -0.1) is 5.10 Å². The lowest BCUT2D eigenvalue weighted by atomic mass is 9.96. The van der Waals surface area contributed by atoms with Crippen LogP contribution >= 0.6 is 23.6 Å². The van der Waals surface area contributed by atoms with Crippen LogP contribution in [-0.4, -0.2) is 42.6 Å². The van der Waals surface area contributed by atoms with Gasteiger partial charge >= 0.3 is 0 Å². The molecule has 3 N–H and O–H groups in total. The number of hydrogen-bond donors (Lipinski definition) is 3. The quantitative estimate of drug-likeness (QED) is 0.648. The van der Waals surface area contributed by atoms with Crippen LogP contribution in [0, 0.1) is 9.87 Å². The lowest BCUT2D eigenvalue weighted by Gasteiger charge is -2.28. The minimum atomic E-state index is 0.0236. The standard InChI is InChI=1S/C17H21N5O3S2/c1-18-16-20-22(17(26)27-16)9-21-6-4-11(5-7-21)15(23)19-12-2-3-13-14(8-12)25-10-24-13/h2-3,8,11H,4-7,9-10H2,1H3,(H,18,20)(H,19,23)/p+1. The number of carbonyl (C=O) groups is 1. The SMILES string of the molecule is CNc1nn(C[NH+]2CCC(C(=O)Nc3ccc4c(c3)OCO4)CC2)c(=S)s1. The Kier molecular flexibility index (Phi) is 5.28. The van der Waals surface area contributed by atoms with Gasteiger partial charge in [-0.2, -0.15) is 4.68 Å². The molecule has 0 unspecified atom stereocenters. The molecular formula is C17H22N5O3S2+. The van der Waals surface area contributed by atoms with Crippen molar-refractivity contribution in [1.82, 2.24) is 9.78 Å². The molecule has 0 saturated carbocycles. The van der Waals surface area contributed by atoms with Gasteiger partial charge in [-0.05, 0) is 24.4 Å². The van der Waals surface area contributed by atoms with E-state index in [-0.39, 0.29) is 18.6 Å². The number of nitrogens with zero attached hydrogens (tertiary/aromatic N) is 2. The molecule has 2 aromatic rings. The Morgan fingerprint density at radius 1 is 1.37 bits per heavy atom. The number of nitrogens with one attached hydrogen (secondary N) is 3. The number of carbonyl (C=O) groups excluding carboxylic acids is 1. The first-order valence-corrected chi connectivity index (χ1v) is 10.1. The zero-order valence-corrected chi connectivity index (χ0v) is 16.6. The number of aromatic nitrogens is 2. The zero-order valence-electron chi connectivity index (χ0n) is 15.0. The predicted molar refractivity (Wildman–Crippen MR) is 105 cm³/mol. The van der Waals surface area contributed by atoms with E-state index in [0.717, 1.165) is 47.4 Å². The van der Waals surface area contributed by atoms with Crippen LogP contribution in [-0.2, 0) is 11.5 Å². The summed E-state index contributed by atoms with van der Waals surface area (Å²) in [4.78, 5) is 14.0. The van der Waals surface area contributed by atoms with E-state index in [2.05, 4.69) is 15.7 Å². The molecule has 4 rings (SSSR count). The molecule has 1 amide bonds. The van der Waals surface area contributed by atoms with Crippen molar-refractivity contribution < 1.29 is 19.2 Å². The lowest BCUT2D eigenvalue weighted by molar-refractivity contribution is -0.928. The third-order valence-electron chi connectivity index (χ3n) is 4.90. The highest BCUT2D eigenvalue weighted by Gasteiger charge is 2.28. The first-order chi connectivity index (χ1) is 13.1. The lowest BCUT2D eigenvalue weighted by Crippen LogP contribution is -3.12. The van der Waals surface area contributed by atoms with E-state index in [0.29, 0.717) is 11.5 Å². The maximum absolute atomic E-state index is 12.6. The first kappa shape index (κ1) is 18.2. The fraction of sp³-hybridized carbons (Fsp3) is 0.471. The Bertz CT molecular complexity index is 889. The van der Waals surface area contributed by atoms with Crippen LogP contribution in [0.4, 0.5) is 10.8 Å². The first-order valence-electron chi connectivity index (χ1n) is 8.92. The van der Waals surface area contributed by atoms with Crippen LogP contribution in [0.15, 0.2) is 18.2 Å². The molecule has 2 aliphatic heterocycles. The number of ether oxygens (including phenoxy) is 2. The molecule has 0 atom stereocenters. The van der Waals surface area contributed by atoms with Gasteiger partial charge in [-0.25, -0.2) is 0 Å². The number of likely N-dealkylation sites (tertiary alicyclic amines) is 1. The van der Waals surface area contributed by atoms with Gasteiger partial charge in [0.05, 0.1) is 13.1 Å². The van der Waals surface area contributed by atoms with Gasteiger partial charge in [0.1, 0.15) is 0 Å².